The molecule has 0 radical (unpaired) electrons. The van der Waals surface area contributed by atoms with Gasteiger partial charge in [-0.2, -0.15) is 0 Å². The van der Waals surface area contributed by atoms with Crippen molar-refractivity contribution < 1.29 is 0 Å². The van der Waals surface area contributed by atoms with Crippen LogP contribution in [0.2, 0.25) is 0 Å². The Morgan fingerprint density at radius 1 is 1.57 bits per heavy atom. The van der Waals surface area contributed by atoms with Crippen molar-refractivity contribution in [2.24, 2.45) is 0 Å². The SMILES string of the molecule is CC=CN(C)SC. The largest absolute Gasteiger partial charge is 0.327 e. The molecule has 0 bridgehead atoms. The highest BCUT2D eigenvalue weighted by atomic mass is 32.2. The molecule has 0 aromatic rings. The van der Waals surface area contributed by atoms with Crippen LogP contribution in [0.3, 0.4) is 0 Å². The van der Waals surface area contributed by atoms with Crippen LogP contribution in [0.15, 0.2) is 12.3 Å². The van der Waals surface area contributed by atoms with Crippen LogP contribution in [0, 0.1) is 0 Å². The molecular weight excluding hydrogens is 106 g/mol. The average molecular weight is 117 g/mol. The maximum atomic E-state index is 2.04. The molecule has 0 aromatic carbocycles. The first kappa shape index (κ1) is 6.89. The van der Waals surface area contributed by atoms with Gasteiger partial charge in [0.05, 0.1) is 0 Å². The summed E-state index contributed by atoms with van der Waals surface area (Å²) in [7, 11) is 2.02. The van der Waals surface area contributed by atoms with E-state index in [1.165, 1.54) is 0 Å². The van der Waals surface area contributed by atoms with E-state index in [0.717, 1.165) is 0 Å². The van der Waals surface area contributed by atoms with Gasteiger partial charge in [-0.3, -0.25) is 0 Å². The highest BCUT2D eigenvalue weighted by molar-refractivity contribution is 7.96. The zero-order valence-corrected chi connectivity index (χ0v) is 5.83. The minimum atomic E-state index is 1.70. The molecule has 0 spiro atoms. The van der Waals surface area contributed by atoms with E-state index in [-0.39, 0.29) is 0 Å². The lowest BCUT2D eigenvalue weighted by molar-refractivity contribution is 0.776. The smallest absolute Gasteiger partial charge is 0.0176 e. The predicted molar refractivity (Wildman–Crippen MR) is 36.1 cm³/mol. The predicted octanol–water partition coefficient (Wildman–Crippen LogP) is 1.73. The van der Waals surface area contributed by atoms with E-state index < -0.39 is 0 Å². The number of hydrogen-bond donors (Lipinski definition) is 0. The lowest BCUT2D eigenvalue weighted by atomic mass is 10.7. The molecule has 0 fully saturated rings. The maximum absolute atomic E-state index is 2.04. The van der Waals surface area contributed by atoms with Crippen molar-refractivity contribution in [1.29, 1.82) is 0 Å². The Morgan fingerprint density at radius 3 is 2.29 bits per heavy atom. The zero-order valence-electron chi connectivity index (χ0n) is 5.01. The molecule has 0 N–H and O–H groups in total. The van der Waals surface area contributed by atoms with Crippen molar-refractivity contribution >= 4 is 11.9 Å². The second-order valence-electron chi connectivity index (χ2n) is 1.21. The van der Waals surface area contributed by atoms with Crippen LogP contribution in [-0.4, -0.2) is 17.6 Å². The van der Waals surface area contributed by atoms with E-state index in [0.29, 0.717) is 0 Å². The molecule has 0 heterocycles. The Morgan fingerprint density at radius 2 is 2.14 bits per heavy atom. The summed E-state index contributed by atoms with van der Waals surface area (Å²) in [5.41, 5.74) is 0. The van der Waals surface area contributed by atoms with E-state index in [1.807, 2.05) is 36.8 Å². The topological polar surface area (TPSA) is 3.24 Å². The van der Waals surface area contributed by atoms with Crippen molar-refractivity contribution in [3.63, 3.8) is 0 Å². The second kappa shape index (κ2) is 4.06. The summed E-state index contributed by atoms with van der Waals surface area (Å²) in [5.74, 6) is 0. The third-order valence-electron chi connectivity index (χ3n) is 0.647. The highest BCUT2D eigenvalue weighted by Crippen LogP contribution is 1.98. The van der Waals surface area contributed by atoms with Crippen LogP contribution >= 0.6 is 11.9 Å². The maximum Gasteiger partial charge on any atom is 0.0176 e. The third kappa shape index (κ3) is 3.73. The third-order valence-corrected chi connectivity index (χ3v) is 1.34. The number of hydrogen-bond acceptors (Lipinski definition) is 2. The van der Waals surface area contributed by atoms with Gasteiger partial charge in [-0.1, -0.05) is 18.0 Å². The molecule has 1 nitrogen and oxygen atoms in total. The van der Waals surface area contributed by atoms with Crippen LogP contribution in [0.4, 0.5) is 0 Å². The number of nitrogens with zero attached hydrogens (tertiary/aromatic N) is 1. The van der Waals surface area contributed by atoms with E-state index >= 15 is 0 Å². The molecule has 0 saturated carbocycles. The van der Waals surface area contributed by atoms with Gasteiger partial charge in [0.25, 0.3) is 0 Å². The molecule has 0 aromatic heterocycles. The Kier molecular flexibility index (Phi) is 4.00. The summed E-state index contributed by atoms with van der Waals surface area (Å²) < 4.78 is 2.04. The fraction of sp³-hybridized carbons (Fsp3) is 0.600. The summed E-state index contributed by atoms with van der Waals surface area (Å²) in [6.45, 7) is 2.01. The Hall–Kier alpha value is -0.110. The molecule has 0 unspecified atom stereocenters. The van der Waals surface area contributed by atoms with Crippen molar-refractivity contribution in [1.82, 2.24) is 4.31 Å². The first-order chi connectivity index (χ1) is 3.31. The Bertz CT molecular complexity index is 61.1. The van der Waals surface area contributed by atoms with Gasteiger partial charge in [0.2, 0.25) is 0 Å². The van der Waals surface area contributed by atoms with Gasteiger partial charge in [0.1, 0.15) is 0 Å². The fourth-order valence-electron chi connectivity index (χ4n) is 0.271. The molecule has 0 amide bonds. The molecule has 7 heavy (non-hydrogen) atoms. The van der Waals surface area contributed by atoms with Crippen LogP contribution in [0.5, 0.6) is 0 Å². The minimum absolute atomic E-state index is 1.70. The van der Waals surface area contributed by atoms with Crippen LogP contribution in [0.1, 0.15) is 6.92 Å². The van der Waals surface area contributed by atoms with Crippen LogP contribution in [0.25, 0.3) is 0 Å². The van der Waals surface area contributed by atoms with Crippen molar-refractivity contribution in [3.8, 4) is 0 Å². The lowest BCUT2D eigenvalue weighted by Crippen LogP contribution is -1.94. The lowest BCUT2D eigenvalue weighted by Gasteiger charge is -2.05. The van der Waals surface area contributed by atoms with E-state index in [1.54, 1.807) is 11.9 Å². The highest BCUT2D eigenvalue weighted by Gasteiger charge is 1.77. The van der Waals surface area contributed by atoms with Gasteiger partial charge in [0, 0.05) is 19.5 Å². The normalized spacial score (nSPS) is 10.1. The van der Waals surface area contributed by atoms with Gasteiger partial charge < -0.3 is 4.31 Å². The van der Waals surface area contributed by atoms with Crippen molar-refractivity contribution in [2.75, 3.05) is 13.3 Å². The second-order valence-corrected chi connectivity index (χ2v) is 2.15. The fourth-order valence-corrected chi connectivity index (χ4v) is 0.514. The average Bonchev–Trinajstić information content (AvgIpc) is 1.68. The molecule has 0 aliphatic heterocycles. The van der Waals surface area contributed by atoms with Gasteiger partial charge in [0.15, 0.2) is 0 Å². The Labute approximate surface area is 49.5 Å². The van der Waals surface area contributed by atoms with E-state index in [2.05, 4.69) is 0 Å². The van der Waals surface area contributed by atoms with Gasteiger partial charge in [-0.05, 0) is 6.92 Å². The summed E-state index contributed by atoms with van der Waals surface area (Å²) in [4.78, 5) is 0. The van der Waals surface area contributed by atoms with Crippen molar-refractivity contribution in [2.45, 2.75) is 6.92 Å². The monoisotopic (exact) mass is 117 g/mol. The molecule has 0 aliphatic rings. The molecule has 0 atom stereocenters. The van der Waals surface area contributed by atoms with Gasteiger partial charge in [-0.25, -0.2) is 0 Å². The molecule has 0 rings (SSSR count). The molecule has 2 heteroatoms. The van der Waals surface area contributed by atoms with Crippen LogP contribution in [-0.2, 0) is 0 Å². The van der Waals surface area contributed by atoms with Crippen LogP contribution < -0.4 is 0 Å². The molecular formula is C5H11NS. The first-order valence-corrected chi connectivity index (χ1v) is 3.39. The standard InChI is InChI=1S/C5H11NS/c1-4-5-6(2)7-3/h4-5H,1-3H3. The minimum Gasteiger partial charge on any atom is -0.327 e. The Balaban J connectivity index is 3.16. The zero-order chi connectivity index (χ0) is 5.70. The summed E-state index contributed by atoms with van der Waals surface area (Å²) in [6.07, 6.45) is 6.07. The van der Waals surface area contributed by atoms with Gasteiger partial charge in [-0.15, -0.1) is 0 Å². The van der Waals surface area contributed by atoms with E-state index in [4.69, 9.17) is 0 Å². The number of allylic oxidation sites excluding steroid dienone is 1. The first-order valence-electron chi connectivity index (χ1n) is 2.21. The quantitative estimate of drug-likeness (QED) is 0.507. The summed E-state index contributed by atoms with van der Waals surface area (Å²) >= 11 is 1.70. The molecule has 0 saturated heterocycles. The summed E-state index contributed by atoms with van der Waals surface area (Å²) in [5, 5.41) is 0. The molecule has 42 valence electrons. The number of rotatable bonds is 2. The van der Waals surface area contributed by atoms with Crippen molar-refractivity contribution in [3.05, 3.63) is 12.3 Å². The van der Waals surface area contributed by atoms with Gasteiger partial charge >= 0.3 is 0 Å². The van der Waals surface area contributed by atoms with E-state index in [9.17, 15) is 0 Å². The summed E-state index contributed by atoms with van der Waals surface area (Å²) in [6, 6.07) is 0. The molecule has 0 aliphatic carbocycles.